The first-order chi connectivity index (χ1) is 13.8. The predicted octanol–water partition coefficient (Wildman–Crippen LogP) is 5.11. The molecular weight excluding hydrogens is 403 g/mol. The van der Waals surface area contributed by atoms with Gasteiger partial charge in [0.25, 0.3) is 0 Å². The highest BCUT2D eigenvalue weighted by Crippen LogP contribution is 2.33. The number of alkyl halides is 2. The van der Waals surface area contributed by atoms with Gasteiger partial charge in [0.2, 0.25) is 5.95 Å². The first kappa shape index (κ1) is 20.7. The van der Waals surface area contributed by atoms with E-state index in [0.717, 1.165) is 23.4 Å². The third kappa shape index (κ3) is 5.08. The van der Waals surface area contributed by atoms with Crippen molar-refractivity contribution in [3.63, 3.8) is 0 Å². The van der Waals surface area contributed by atoms with Crippen molar-refractivity contribution in [3.8, 4) is 0 Å². The van der Waals surface area contributed by atoms with Crippen molar-refractivity contribution >= 4 is 29.1 Å². The first-order valence-corrected chi connectivity index (χ1v) is 9.08. The minimum Gasteiger partial charge on any atom is -0.378 e. The molecule has 2 N–H and O–H groups in total. The quantitative estimate of drug-likeness (QED) is 0.519. The van der Waals surface area contributed by atoms with Crippen LogP contribution >= 0.6 is 11.6 Å². The fourth-order valence-corrected chi connectivity index (χ4v) is 2.70. The Labute approximate surface area is 171 Å². The monoisotopic (exact) mass is 421 g/mol. The summed E-state index contributed by atoms with van der Waals surface area (Å²) in [6.45, 7) is 0.387. The highest BCUT2D eigenvalue weighted by Gasteiger charge is 2.35. The first-order valence-electron chi connectivity index (χ1n) is 8.70. The van der Waals surface area contributed by atoms with E-state index in [4.69, 9.17) is 11.6 Å². The highest BCUT2D eigenvalue weighted by atomic mass is 35.5. The summed E-state index contributed by atoms with van der Waals surface area (Å²) in [5.41, 5.74) is 1.21. The molecule has 0 saturated carbocycles. The Bertz CT molecular complexity index is 980. The molecule has 3 rings (SSSR count). The highest BCUT2D eigenvalue weighted by molar-refractivity contribution is 6.32. The molecule has 1 aromatic heterocycles. The minimum absolute atomic E-state index is 0.109. The summed E-state index contributed by atoms with van der Waals surface area (Å²) in [7, 11) is 3.89. The van der Waals surface area contributed by atoms with Gasteiger partial charge in [0.05, 0.1) is 11.8 Å². The van der Waals surface area contributed by atoms with Crippen molar-refractivity contribution < 1.29 is 13.2 Å². The van der Waals surface area contributed by atoms with Gasteiger partial charge in [0.1, 0.15) is 10.8 Å². The Morgan fingerprint density at radius 2 is 1.76 bits per heavy atom. The molecule has 0 unspecified atom stereocenters. The Kier molecular flexibility index (Phi) is 6.12. The average molecular weight is 422 g/mol. The number of nitrogens with one attached hydrogen (secondary N) is 2. The number of aromatic nitrogens is 2. The third-order valence-electron chi connectivity index (χ3n) is 4.13. The predicted molar refractivity (Wildman–Crippen MR) is 109 cm³/mol. The lowest BCUT2D eigenvalue weighted by atomic mass is 10.2. The van der Waals surface area contributed by atoms with Crippen LogP contribution in [0.2, 0.25) is 5.02 Å². The molecule has 2 aromatic carbocycles. The van der Waals surface area contributed by atoms with Gasteiger partial charge in [-0.05, 0) is 29.8 Å². The van der Waals surface area contributed by atoms with Crippen LogP contribution in [0, 0.1) is 5.82 Å². The van der Waals surface area contributed by atoms with Gasteiger partial charge in [-0.3, -0.25) is 0 Å². The summed E-state index contributed by atoms with van der Waals surface area (Å²) in [5, 5.41) is 4.75. The molecule has 1 heterocycles. The molecule has 0 atom stereocenters. The van der Waals surface area contributed by atoms with Crippen LogP contribution in [0.3, 0.4) is 0 Å². The maximum absolute atomic E-state index is 14.5. The van der Waals surface area contributed by atoms with Gasteiger partial charge >= 0.3 is 6.05 Å². The van der Waals surface area contributed by atoms with E-state index in [0.29, 0.717) is 6.54 Å². The zero-order valence-electron chi connectivity index (χ0n) is 15.8. The molecule has 9 heteroatoms. The van der Waals surface area contributed by atoms with E-state index >= 15 is 0 Å². The topological polar surface area (TPSA) is 53.1 Å². The van der Waals surface area contributed by atoms with Crippen molar-refractivity contribution in [1.29, 1.82) is 0 Å². The number of halogens is 4. The van der Waals surface area contributed by atoms with Gasteiger partial charge in [-0.25, -0.2) is 9.37 Å². The second-order valence-electron chi connectivity index (χ2n) is 6.48. The van der Waals surface area contributed by atoms with Gasteiger partial charge in [-0.15, -0.1) is 0 Å². The summed E-state index contributed by atoms with van der Waals surface area (Å²) in [6.07, 6.45) is 1.20. The van der Waals surface area contributed by atoms with Gasteiger partial charge < -0.3 is 15.5 Å². The van der Waals surface area contributed by atoms with E-state index in [-0.39, 0.29) is 16.8 Å². The van der Waals surface area contributed by atoms with Crippen LogP contribution in [0.4, 0.5) is 30.6 Å². The molecule has 0 aliphatic rings. The second kappa shape index (κ2) is 8.57. The lowest BCUT2D eigenvalue weighted by molar-refractivity contribution is 0.0242. The summed E-state index contributed by atoms with van der Waals surface area (Å²) < 4.78 is 42.7. The van der Waals surface area contributed by atoms with Crippen molar-refractivity contribution in [2.75, 3.05) is 29.6 Å². The minimum atomic E-state index is -3.71. The van der Waals surface area contributed by atoms with E-state index in [2.05, 4.69) is 15.3 Å². The Morgan fingerprint density at radius 3 is 2.41 bits per heavy atom. The molecule has 0 spiro atoms. The molecule has 152 valence electrons. The third-order valence-corrected chi connectivity index (χ3v) is 4.41. The second-order valence-corrected chi connectivity index (χ2v) is 6.89. The molecule has 0 saturated heterocycles. The molecule has 3 aromatic rings. The Balaban J connectivity index is 1.73. The fourth-order valence-electron chi connectivity index (χ4n) is 2.56. The number of anilines is 3. The summed E-state index contributed by atoms with van der Waals surface area (Å²) in [4.78, 5) is 9.98. The lowest BCUT2D eigenvalue weighted by Gasteiger charge is -2.20. The van der Waals surface area contributed by atoms with Crippen LogP contribution in [-0.4, -0.2) is 24.1 Å². The average Bonchev–Trinajstić information content (AvgIpc) is 2.69. The lowest BCUT2D eigenvalue weighted by Crippen LogP contribution is -2.27. The SMILES string of the molecule is CN(C)c1ccc(CNc2ncc(Cl)c(NC(F)(F)c3ccccc3F)n2)cc1. The van der Waals surface area contributed by atoms with Crippen LogP contribution in [0.5, 0.6) is 0 Å². The number of hydrogen-bond donors (Lipinski definition) is 2. The van der Waals surface area contributed by atoms with E-state index in [1.807, 2.05) is 48.6 Å². The van der Waals surface area contributed by atoms with Crippen LogP contribution < -0.4 is 15.5 Å². The van der Waals surface area contributed by atoms with Gasteiger partial charge in [-0.2, -0.15) is 13.8 Å². The van der Waals surface area contributed by atoms with Crippen molar-refractivity contribution in [2.45, 2.75) is 12.6 Å². The van der Waals surface area contributed by atoms with Gasteiger partial charge in [0.15, 0.2) is 5.82 Å². The van der Waals surface area contributed by atoms with E-state index < -0.39 is 17.4 Å². The van der Waals surface area contributed by atoms with Crippen LogP contribution in [-0.2, 0) is 12.6 Å². The normalized spacial score (nSPS) is 11.2. The molecule has 5 nitrogen and oxygen atoms in total. The summed E-state index contributed by atoms with van der Waals surface area (Å²) >= 11 is 5.95. The fraction of sp³-hybridized carbons (Fsp3) is 0.200. The summed E-state index contributed by atoms with van der Waals surface area (Å²) in [6, 6.07) is 8.69. The van der Waals surface area contributed by atoms with E-state index in [1.54, 1.807) is 0 Å². The maximum Gasteiger partial charge on any atom is 0.354 e. The molecule has 0 aliphatic carbocycles. The molecule has 0 aliphatic heterocycles. The number of benzene rings is 2. The number of hydrogen-bond acceptors (Lipinski definition) is 5. The Morgan fingerprint density at radius 1 is 1.07 bits per heavy atom. The van der Waals surface area contributed by atoms with Gasteiger partial charge in [0, 0.05) is 26.3 Å². The van der Waals surface area contributed by atoms with Crippen molar-refractivity contribution in [1.82, 2.24) is 9.97 Å². The van der Waals surface area contributed by atoms with Crippen LogP contribution in [0.15, 0.2) is 54.7 Å². The molecule has 0 fully saturated rings. The standard InChI is InChI=1S/C20H19ClF3N5/c1-29(2)14-9-7-13(8-10-14)11-25-19-26-12-16(21)18(27-19)28-20(23,24)15-5-3-4-6-17(15)22/h3-10,12H,11H2,1-2H3,(H2,25,26,27,28). The van der Waals surface area contributed by atoms with E-state index in [1.165, 1.54) is 18.3 Å². The van der Waals surface area contributed by atoms with Crippen molar-refractivity contribution in [3.05, 3.63) is 76.7 Å². The van der Waals surface area contributed by atoms with Crippen LogP contribution in [0.1, 0.15) is 11.1 Å². The van der Waals surface area contributed by atoms with Gasteiger partial charge in [-0.1, -0.05) is 35.9 Å². The largest absolute Gasteiger partial charge is 0.378 e. The molecule has 0 radical (unpaired) electrons. The number of rotatable bonds is 7. The molecular formula is C20H19ClF3N5. The van der Waals surface area contributed by atoms with Crippen molar-refractivity contribution in [2.24, 2.45) is 0 Å². The zero-order chi connectivity index (χ0) is 21.0. The molecule has 0 amide bonds. The zero-order valence-corrected chi connectivity index (χ0v) is 16.5. The smallest absolute Gasteiger partial charge is 0.354 e. The van der Waals surface area contributed by atoms with Crippen LogP contribution in [0.25, 0.3) is 0 Å². The number of nitrogens with zero attached hydrogens (tertiary/aromatic N) is 3. The Hall–Kier alpha value is -3.00. The van der Waals surface area contributed by atoms with E-state index in [9.17, 15) is 13.2 Å². The maximum atomic E-state index is 14.5. The molecule has 0 bridgehead atoms. The summed E-state index contributed by atoms with van der Waals surface area (Å²) in [5.74, 6) is -1.23. The molecule has 29 heavy (non-hydrogen) atoms.